The first-order chi connectivity index (χ1) is 23.7. The molecule has 11 nitrogen and oxygen atoms in total. The van der Waals surface area contributed by atoms with E-state index >= 15 is 0 Å². The number of ether oxygens (including phenoxy) is 2. The third-order valence-corrected chi connectivity index (χ3v) is 10.3. The van der Waals surface area contributed by atoms with Crippen molar-refractivity contribution < 1.29 is 42.5 Å². The zero-order valence-electron chi connectivity index (χ0n) is 28.1. The van der Waals surface area contributed by atoms with Crippen LogP contribution in [0.5, 0.6) is 5.88 Å². The van der Waals surface area contributed by atoms with Crippen LogP contribution in [0.15, 0.2) is 41.8 Å². The minimum Gasteiger partial charge on any atom is -0.481 e. The molecule has 2 fully saturated rings. The molecule has 3 aromatic rings. The van der Waals surface area contributed by atoms with Gasteiger partial charge in [0.15, 0.2) is 17.4 Å². The van der Waals surface area contributed by atoms with Crippen molar-refractivity contribution in [3.8, 4) is 16.5 Å². The number of carbonyl (C=O) groups is 4. The van der Waals surface area contributed by atoms with Crippen molar-refractivity contribution >= 4 is 46.1 Å². The van der Waals surface area contributed by atoms with Gasteiger partial charge in [-0.2, -0.15) is 0 Å². The Balaban J connectivity index is 1.34. The summed E-state index contributed by atoms with van der Waals surface area (Å²) in [6.45, 7) is 5.06. The van der Waals surface area contributed by atoms with Crippen LogP contribution in [0.2, 0.25) is 0 Å². The van der Waals surface area contributed by atoms with Gasteiger partial charge in [-0.15, -0.1) is 11.3 Å². The third kappa shape index (κ3) is 7.64. The van der Waals surface area contributed by atoms with Crippen LogP contribution >= 0.6 is 11.3 Å². The van der Waals surface area contributed by atoms with Gasteiger partial charge in [0.25, 0.3) is 0 Å². The number of carboxylic acid groups (broad SMARTS) is 1. The zero-order chi connectivity index (χ0) is 35.8. The first-order valence-electron chi connectivity index (χ1n) is 16.8. The van der Waals surface area contributed by atoms with Crippen LogP contribution < -0.4 is 10.1 Å². The number of ketones is 1. The number of fused-ring (bicyclic) bond motifs is 3. The van der Waals surface area contributed by atoms with E-state index < -0.39 is 64.6 Å². The number of aromatic nitrogens is 2. The molecule has 0 bridgehead atoms. The topological polar surface area (TPSA) is 148 Å². The summed E-state index contributed by atoms with van der Waals surface area (Å²) in [5, 5.41) is 14.7. The number of carboxylic acids is 1. The summed E-state index contributed by atoms with van der Waals surface area (Å²) in [6, 6.07) is 3.39. The molecule has 2 aromatic heterocycles. The predicted octanol–water partition coefficient (Wildman–Crippen LogP) is 6.45. The van der Waals surface area contributed by atoms with E-state index in [1.54, 1.807) is 32.9 Å². The molecule has 2 aliphatic heterocycles. The Bertz CT molecular complexity index is 1830. The van der Waals surface area contributed by atoms with Gasteiger partial charge in [-0.3, -0.25) is 14.4 Å². The number of carbonyl (C=O) groups excluding carboxylic acids is 3. The minimum atomic E-state index is -1.26. The number of nitrogens with zero attached hydrogens (tertiary/aromatic N) is 3. The number of nitrogens with one attached hydrogen (secondary N) is 1. The largest absolute Gasteiger partial charge is 0.481 e. The van der Waals surface area contributed by atoms with Gasteiger partial charge >= 0.3 is 12.1 Å². The normalized spacial score (nSPS) is 26.7. The second-order valence-corrected chi connectivity index (χ2v) is 15.2. The summed E-state index contributed by atoms with van der Waals surface area (Å²) in [5.74, 6) is -4.45. The van der Waals surface area contributed by atoms with E-state index in [4.69, 9.17) is 9.47 Å². The molecule has 2 amide bonds. The molecular weight excluding hydrogens is 670 g/mol. The second-order valence-electron chi connectivity index (χ2n) is 14.3. The lowest BCUT2D eigenvalue weighted by Gasteiger charge is -2.30. The quantitative estimate of drug-likeness (QED) is 0.285. The molecule has 14 heteroatoms. The molecule has 1 aromatic carbocycles. The molecule has 6 rings (SSSR count). The van der Waals surface area contributed by atoms with E-state index in [0.29, 0.717) is 24.1 Å². The number of rotatable bonds is 5. The summed E-state index contributed by atoms with van der Waals surface area (Å²) < 4.78 is 40.2. The summed E-state index contributed by atoms with van der Waals surface area (Å²) in [6.07, 6.45) is 5.56. The highest BCUT2D eigenvalue weighted by molar-refractivity contribution is 7.13. The first-order valence-corrected chi connectivity index (χ1v) is 17.7. The number of hydrogen-bond donors (Lipinski definition) is 2. The number of thiophene rings is 1. The molecule has 0 radical (unpaired) electrons. The van der Waals surface area contributed by atoms with E-state index in [2.05, 4.69) is 15.3 Å². The molecule has 4 heterocycles. The van der Waals surface area contributed by atoms with Gasteiger partial charge in [0.05, 0.1) is 33.9 Å². The fourth-order valence-corrected chi connectivity index (χ4v) is 7.48. The first kappa shape index (κ1) is 35.4. The third-order valence-electron chi connectivity index (χ3n) is 9.40. The van der Waals surface area contributed by atoms with Crippen LogP contribution in [0.3, 0.4) is 0 Å². The standard InChI is InChI=1S/C36H40F2N4O7S/c1-35(2,3)49-34(47)41-24-11-8-6-4-5-7-10-20-17-36(20,33(45)46)18-28(43)27-14-21(19-42(27)32(24)44)48-31-30(29-12-9-13-50-29)39-25-15-22(37)23(38)16-26(25)40-31/h7,9-10,12-13,15-16,20-21,24,27H,4-6,8,11,14,17-19H2,1-3H3,(H,41,47)(H,45,46)/b10-7-/t20-,21?,24+,27+,36-/m1/s1. The molecule has 266 valence electrons. The molecule has 50 heavy (non-hydrogen) atoms. The van der Waals surface area contributed by atoms with Crippen LogP contribution in [0, 0.1) is 23.0 Å². The molecule has 1 unspecified atom stereocenters. The molecule has 5 atom stereocenters. The maximum absolute atomic E-state index is 14.3. The highest BCUT2D eigenvalue weighted by atomic mass is 32.1. The van der Waals surface area contributed by atoms with Gasteiger partial charge in [0, 0.05) is 25.0 Å². The molecule has 1 saturated heterocycles. The van der Waals surface area contributed by atoms with E-state index in [9.17, 15) is 33.1 Å². The smallest absolute Gasteiger partial charge is 0.408 e. The summed E-state index contributed by atoms with van der Waals surface area (Å²) in [7, 11) is 0. The number of Topliss-reactive ketones (excluding diaryl/α,β-unsaturated/α-hetero) is 1. The SMILES string of the molecule is CC(C)(C)OC(=O)N[C@H]1CCCCC/C=C\[C@@H]2C[C@@]2(C(=O)O)CC(=O)[C@@H]2CC(Oc3nc4cc(F)c(F)cc4nc3-c3cccs3)CN2C1=O. The van der Waals surface area contributed by atoms with Crippen LogP contribution in [-0.2, 0) is 19.1 Å². The zero-order valence-corrected chi connectivity index (χ0v) is 28.9. The fourth-order valence-electron chi connectivity index (χ4n) is 6.78. The van der Waals surface area contributed by atoms with Crippen molar-refractivity contribution in [2.24, 2.45) is 11.3 Å². The Kier molecular flexibility index (Phi) is 9.93. The van der Waals surface area contributed by atoms with E-state index in [-0.39, 0.29) is 47.9 Å². The van der Waals surface area contributed by atoms with Crippen molar-refractivity contribution in [3.05, 3.63) is 53.4 Å². The number of hydrogen-bond acceptors (Lipinski definition) is 9. The number of halogens is 2. The van der Waals surface area contributed by atoms with Crippen molar-refractivity contribution in [1.82, 2.24) is 20.2 Å². The van der Waals surface area contributed by atoms with Gasteiger partial charge in [-0.25, -0.2) is 23.5 Å². The highest BCUT2D eigenvalue weighted by Gasteiger charge is 2.61. The van der Waals surface area contributed by atoms with Gasteiger partial charge < -0.3 is 24.8 Å². The van der Waals surface area contributed by atoms with E-state index in [1.165, 1.54) is 16.2 Å². The van der Waals surface area contributed by atoms with Crippen molar-refractivity contribution in [1.29, 1.82) is 0 Å². The summed E-state index contributed by atoms with van der Waals surface area (Å²) >= 11 is 1.34. The average Bonchev–Trinajstić information content (AvgIpc) is 3.35. The van der Waals surface area contributed by atoms with Crippen molar-refractivity contribution in [3.63, 3.8) is 0 Å². The van der Waals surface area contributed by atoms with E-state index in [1.807, 2.05) is 17.5 Å². The van der Waals surface area contributed by atoms with Gasteiger partial charge in [-0.05, 0) is 63.8 Å². The minimum absolute atomic E-state index is 0.0106. The Morgan fingerprint density at radius 1 is 1.10 bits per heavy atom. The Hall–Kier alpha value is -4.46. The second kappa shape index (κ2) is 14.0. The Morgan fingerprint density at radius 2 is 1.84 bits per heavy atom. The van der Waals surface area contributed by atoms with E-state index in [0.717, 1.165) is 31.4 Å². The number of benzene rings is 1. The molecule has 1 saturated carbocycles. The lowest BCUT2D eigenvalue weighted by molar-refractivity contribution is -0.147. The summed E-state index contributed by atoms with van der Waals surface area (Å²) in [5.41, 5.74) is -1.62. The monoisotopic (exact) mass is 710 g/mol. The van der Waals surface area contributed by atoms with Crippen LogP contribution in [-0.4, -0.2) is 74.1 Å². The Labute approximate surface area is 292 Å². The number of alkyl carbamates (subject to hydrolysis) is 1. The number of allylic oxidation sites excluding steroid dienone is 2. The van der Waals surface area contributed by atoms with Crippen molar-refractivity contribution in [2.75, 3.05) is 6.54 Å². The molecule has 3 aliphatic rings. The predicted molar refractivity (Wildman–Crippen MR) is 180 cm³/mol. The van der Waals surface area contributed by atoms with Crippen LogP contribution in [0.1, 0.15) is 72.1 Å². The maximum atomic E-state index is 14.3. The fraction of sp³-hybridized carbons (Fsp3) is 0.500. The molecule has 0 spiro atoms. The van der Waals surface area contributed by atoms with Crippen LogP contribution in [0.25, 0.3) is 21.6 Å². The van der Waals surface area contributed by atoms with Gasteiger partial charge in [0.2, 0.25) is 11.8 Å². The van der Waals surface area contributed by atoms with Gasteiger partial charge in [0.1, 0.15) is 23.4 Å². The molecule has 2 N–H and O–H groups in total. The average molecular weight is 711 g/mol. The molecule has 1 aliphatic carbocycles. The number of amides is 2. The Morgan fingerprint density at radius 3 is 2.52 bits per heavy atom. The number of aliphatic carboxylic acids is 1. The van der Waals surface area contributed by atoms with Gasteiger partial charge in [-0.1, -0.05) is 31.1 Å². The van der Waals surface area contributed by atoms with Crippen LogP contribution in [0.4, 0.5) is 13.6 Å². The lowest BCUT2D eigenvalue weighted by atomic mass is 9.92. The van der Waals surface area contributed by atoms with Crippen molar-refractivity contribution in [2.45, 2.75) is 95.9 Å². The highest BCUT2D eigenvalue weighted by Crippen LogP contribution is 2.57. The lowest BCUT2D eigenvalue weighted by Crippen LogP contribution is -2.52. The maximum Gasteiger partial charge on any atom is 0.408 e. The summed E-state index contributed by atoms with van der Waals surface area (Å²) in [4.78, 5) is 64.8. The molecular formula is C36H40F2N4O7S.